The molecular weight excluding hydrogens is 248 g/mol. The number of hydrogen-bond donors (Lipinski definition) is 0. The number of benzene rings is 2. The Hall–Kier alpha value is -1.80. The number of carbonyl (C=O) groups is 1. The zero-order valence-electron chi connectivity index (χ0n) is 9.86. The largest absolute Gasteiger partial charge is 0.426 e. The molecule has 0 fully saturated rings. The van der Waals surface area contributed by atoms with E-state index in [1.54, 1.807) is 18.2 Å². The van der Waals surface area contributed by atoms with E-state index in [9.17, 15) is 4.79 Å². The lowest BCUT2D eigenvalue weighted by Gasteiger charge is -2.08. The van der Waals surface area contributed by atoms with Crippen LogP contribution in [0, 0.1) is 0 Å². The Morgan fingerprint density at radius 1 is 1.22 bits per heavy atom. The Kier molecular flexibility index (Phi) is 4.00. The molecule has 2 nitrogen and oxygen atoms in total. The van der Waals surface area contributed by atoms with Crippen molar-refractivity contribution in [3.63, 3.8) is 0 Å². The number of carbonyl (C=O) groups excluding carboxylic acids is 1. The summed E-state index contributed by atoms with van der Waals surface area (Å²) in [6.07, 6.45) is 2.64. The Balaban J connectivity index is 2.31. The first-order chi connectivity index (χ1) is 8.72. The first-order valence-corrected chi connectivity index (χ1v) is 6.09. The summed E-state index contributed by atoms with van der Waals surface area (Å²) in [7, 11) is 0. The summed E-state index contributed by atoms with van der Waals surface area (Å²) in [6, 6.07) is 11.0. The van der Waals surface area contributed by atoms with Gasteiger partial charge in [0.25, 0.3) is 0 Å². The van der Waals surface area contributed by atoms with Crippen LogP contribution in [-0.2, 0) is 4.79 Å². The second-order valence-corrected chi connectivity index (χ2v) is 4.30. The van der Waals surface area contributed by atoms with Crippen LogP contribution in [0.2, 0.25) is 5.02 Å². The molecule has 0 aliphatic heterocycles. The third-order valence-electron chi connectivity index (χ3n) is 2.61. The lowest BCUT2D eigenvalue weighted by Crippen LogP contribution is -2.07. The van der Waals surface area contributed by atoms with Gasteiger partial charge in [0.1, 0.15) is 5.75 Å². The van der Waals surface area contributed by atoms with E-state index in [2.05, 4.69) is 6.58 Å². The first-order valence-electron chi connectivity index (χ1n) is 5.71. The van der Waals surface area contributed by atoms with Gasteiger partial charge < -0.3 is 4.74 Å². The molecule has 0 amide bonds. The minimum Gasteiger partial charge on any atom is -0.426 e. The van der Waals surface area contributed by atoms with Gasteiger partial charge in [-0.25, -0.2) is 0 Å². The molecule has 18 heavy (non-hydrogen) atoms. The molecule has 0 saturated heterocycles. The maximum Gasteiger partial charge on any atom is 0.311 e. The average Bonchev–Trinajstić information content (AvgIpc) is 2.40. The Labute approximate surface area is 111 Å². The van der Waals surface area contributed by atoms with Crippen LogP contribution >= 0.6 is 11.6 Å². The van der Waals surface area contributed by atoms with Gasteiger partial charge in [-0.2, -0.15) is 0 Å². The van der Waals surface area contributed by atoms with Crippen LogP contribution in [0.1, 0.15) is 12.8 Å². The SMILES string of the molecule is C=CCCC(=O)Oc1ccc(Cl)c2ccccc12. The number of ether oxygens (including phenoxy) is 1. The number of fused-ring (bicyclic) bond motifs is 1. The molecule has 0 spiro atoms. The Morgan fingerprint density at radius 3 is 2.67 bits per heavy atom. The van der Waals surface area contributed by atoms with Crippen LogP contribution in [-0.4, -0.2) is 5.97 Å². The van der Waals surface area contributed by atoms with Crippen LogP contribution in [0.15, 0.2) is 49.1 Å². The molecule has 2 rings (SSSR count). The highest BCUT2D eigenvalue weighted by Gasteiger charge is 2.09. The van der Waals surface area contributed by atoms with Crippen molar-refractivity contribution in [2.45, 2.75) is 12.8 Å². The predicted octanol–water partition coefficient (Wildman–Crippen LogP) is 4.36. The van der Waals surface area contributed by atoms with Gasteiger partial charge in [-0.05, 0) is 18.6 Å². The minimum atomic E-state index is -0.262. The van der Waals surface area contributed by atoms with E-state index in [-0.39, 0.29) is 5.97 Å². The van der Waals surface area contributed by atoms with Crippen molar-refractivity contribution in [2.75, 3.05) is 0 Å². The summed E-state index contributed by atoms with van der Waals surface area (Å²) in [4.78, 5) is 11.6. The molecule has 0 bridgehead atoms. The van der Waals surface area contributed by atoms with Crippen LogP contribution in [0.5, 0.6) is 5.75 Å². The Morgan fingerprint density at radius 2 is 1.94 bits per heavy atom. The van der Waals surface area contributed by atoms with Crippen LogP contribution < -0.4 is 4.74 Å². The van der Waals surface area contributed by atoms with E-state index >= 15 is 0 Å². The fourth-order valence-corrected chi connectivity index (χ4v) is 1.95. The van der Waals surface area contributed by atoms with Crippen molar-refractivity contribution in [2.24, 2.45) is 0 Å². The van der Waals surface area contributed by atoms with Crippen LogP contribution in [0.3, 0.4) is 0 Å². The molecular formula is C15H13ClO2. The van der Waals surface area contributed by atoms with Crippen molar-refractivity contribution < 1.29 is 9.53 Å². The lowest BCUT2D eigenvalue weighted by molar-refractivity contribution is -0.134. The highest BCUT2D eigenvalue weighted by atomic mass is 35.5. The summed E-state index contributed by atoms with van der Waals surface area (Å²) < 4.78 is 5.34. The molecule has 0 heterocycles. The fraction of sp³-hybridized carbons (Fsp3) is 0.133. The number of esters is 1. The maximum absolute atomic E-state index is 11.6. The van der Waals surface area contributed by atoms with Crippen molar-refractivity contribution >= 4 is 28.3 Å². The molecule has 0 unspecified atom stereocenters. The third kappa shape index (κ3) is 2.71. The highest BCUT2D eigenvalue weighted by Crippen LogP contribution is 2.31. The third-order valence-corrected chi connectivity index (χ3v) is 2.94. The quantitative estimate of drug-likeness (QED) is 0.464. The molecule has 0 atom stereocenters. The maximum atomic E-state index is 11.6. The summed E-state index contributed by atoms with van der Waals surface area (Å²) >= 11 is 6.10. The number of halogens is 1. The lowest BCUT2D eigenvalue weighted by atomic mass is 10.1. The van der Waals surface area contributed by atoms with E-state index in [1.807, 2.05) is 24.3 Å². The topological polar surface area (TPSA) is 26.3 Å². The first kappa shape index (κ1) is 12.7. The zero-order chi connectivity index (χ0) is 13.0. The molecule has 92 valence electrons. The van der Waals surface area contributed by atoms with Gasteiger partial charge in [-0.1, -0.05) is 41.9 Å². The molecule has 2 aromatic rings. The van der Waals surface area contributed by atoms with E-state index in [0.29, 0.717) is 23.6 Å². The fourth-order valence-electron chi connectivity index (χ4n) is 1.72. The average molecular weight is 261 g/mol. The minimum absolute atomic E-state index is 0.262. The summed E-state index contributed by atoms with van der Waals surface area (Å²) in [5, 5.41) is 2.38. The molecule has 0 N–H and O–H groups in total. The predicted molar refractivity (Wildman–Crippen MR) is 74.0 cm³/mol. The summed E-state index contributed by atoms with van der Waals surface area (Å²) in [5.41, 5.74) is 0. The van der Waals surface area contributed by atoms with Gasteiger partial charge in [0.2, 0.25) is 0 Å². The molecule has 0 aliphatic rings. The van der Waals surface area contributed by atoms with Gasteiger partial charge in [-0.15, -0.1) is 6.58 Å². The molecule has 2 aromatic carbocycles. The van der Waals surface area contributed by atoms with Crippen LogP contribution in [0.25, 0.3) is 10.8 Å². The standard InChI is InChI=1S/C15H13ClO2/c1-2-3-8-15(17)18-14-10-9-13(16)11-6-4-5-7-12(11)14/h2,4-7,9-10H,1,3,8H2. The van der Waals surface area contributed by atoms with E-state index in [4.69, 9.17) is 16.3 Å². The van der Waals surface area contributed by atoms with Crippen molar-refractivity contribution in [1.29, 1.82) is 0 Å². The molecule has 0 aromatic heterocycles. The summed E-state index contributed by atoms with van der Waals surface area (Å²) in [5.74, 6) is 0.284. The molecule has 0 radical (unpaired) electrons. The molecule has 3 heteroatoms. The second-order valence-electron chi connectivity index (χ2n) is 3.89. The van der Waals surface area contributed by atoms with E-state index in [0.717, 1.165) is 10.8 Å². The van der Waals surface area contributed by atoms with Gasteiger partial charge >= 0.3 is 5.97 Å². The van der Waals surface area contributed by atoms with Gasteiger partial charge in [0.05, 0.1) is 0 Å². The van der Waals surface area contributed by atoms with Crippen molar-refractivity contribution in [1.82, 2.24) is 0 Å². The number of allylic oxidation sites excluding steroid dienone is 1. The summed E-state index contributed by atoms with van der Waals surface area (Å²) in [6.45, 7) is 3.58. The Bertz CT molecular complexity index is 590. The number of hydrogen-bond acceptors (Lipinski definition) is 2. The van der Waals surface area contributed by atoms with Gasteiger partial charge in [0, 0.05) is 22.2 Å². The van der Waals surface area contributed by atoms with E-state index in [1.165, 1.54) is 0 Å². The number of rotatable bonds is 4. The highest BCUT2D eigenvalue weighted by molar-refractivity contribution is 6.35. The van der Waals surface area contributed by atoms with Gasteiger partial charge in [-0.3, -0.25) is 4.79 Å². The molecule has 0 saturated carbocycles. The van der Waals surface area contributed by atoms with E-state index < -0.39 is 0 Å². The zero-order valence-corrected chi connectivity index (χ0v) is 10.6. The smallest absolute Gasteiger partial charge is 0.311 e. The normalized spacial score (nSPS) is 10.3. The molecule has 0 aliphatic carbocycles. The van der Waals surface area contributed by atoms with Crippen molar-refractivity contribution in [3.05, 3.63) is 54.1 Å². The monoisotopic (exact) mass is 260 g/mol. The van der Waals surface area contributed by atoms with Gasteiger partial charge in [0.15, 0.2) is 0 Å². The van der Waals surface area contributed by atoms with Crippen LogP contribution in [0.4, 0.5) is 0 Å². The second kappa shape index (κ2) is 5.69. The van der Waals surface area contributed by atoms with Crippen molar-refractivity contribution in [3.8, 4) is 5.75 Å².